The quantitative estimate of drug-likeness (QED) is 0.621. The first-order valence-electron chi connectivity index (χ1n) is 10.7. The number of carbonyl (C=O) groups is 1. The third kappa shape index (κ3) is 5.23. The van der Waals surface area contributed by atoms with E-state index >= 15 is 0 Å². The van der Waals surface area contributed by atoms with E-state index in [0.717, 1.165) is 41.9 Å². The van der Waals surface area contributed by atoms with Gasteiger partial charge in [0.25, 0.3) is 0 Å². The van der Waals surface area contributed by atoms with Crippen LogP contribution in [0.3, 0.4) is 0 Å². The van der Waals surface area contributed by atoms with Crippen molar-refractivity contribution in [3.05, 3.63) is 65.2 Å². The van der Waals surface area contributed by atoms with Gasteiger partial charge < -0.3 is 14.6 Å². The lowest BCUT2D eigenvalue weighted by atomic mass is 10.0. The summed E-state index contributed by atoms with van der Waals surface area (Å²) in [7, 11) is 3.95. The van der Waals surface area contributed by atoms with Crippen molar-refractivity contribution < 1.29 is 22.8 Å². The highest BCUT2D eigenvalue weighted by Gasteiger charge is 2.36. The molecule has 0 unspecified atom stereocenters. The molecule has 1 amide bonds. The monoisotopic (exact) mass is 445 g/mol. The molecule has 0 bridgehead atoms. The van der Waals surface area contributed by atoms with Gasteiger partial charge >= 0.3 is 6.18 Å². The van der Waals surface area contributed by atoms with Crippen LogP contribution in [0.2, 0.25) is 0 Å². The number of hydrogen-bond donors (Lipinski definition) is 0. The minimum absolute atomic E-state index is 0.00446. The molecule has 170 valence electrons. The van der Waals surface area contributed by atoms with Gasteiger partial charge in [-0.15, -0.1) is 0 Å². The number of alkyl halides is 3. The largest absolute Gasteiger partial charge is 0.416 e. The number of rotatable bonds is 7. The van der Waals surface area contributed by atoms with Gasteiger partial charge in [-0.05, 0) is 48.2 Å². The molecule has 2 aliphatic rings. The molecule has 1 atom stereocenters. The summed E-state index contributed by atoms with van der Waals surface area (Å²) in [5, 5.41) is 4.22. The van der Waals surface area contributed by atoms with Crippen molar-refractivity contribution in [2.75, 3.05) is 25.5 Å². The molecular formula is C24H26F3N3O2. The second-order valence-corrected chi connectivity index (χ2v) is 8.60. The Balaban J connectivity index is 1.41. The second-order valence-electron chi connectivity index (χ2n) is 8.60. The highest BCUT2D eigenvalue weighted by atomic mass is 19.4. The lowest BCUT2D eigenvalue weighted by Crippen LogP contribution is -2.38. The van der Waals surface area contributed by atoms with Crippen LogP contribution in [0.5, 0.6) is 0 Å². The number of amides is 1. The summed E-state index contributed by atoms with van der Waals surface area (Å²) in [4.78, 5) is 22.1. The summed E-state index contributed by atoms with van der Waals surface area (Å²) < 4.78 is 38.5. The number of halogens is 3. The van der Waals surface area contributed by atoms with Gasteiger partial charge in [-0.2, -0.15) is 13.2 Å². The van der Waals surface area contributed by atoms with Gasteiger partial charge in [0.2, 0.25) is 5.91 Å². The molecule has 1 heterocycles. The molecule has 1 aliphatic carbocycles. The van der Waals surface area contributed by atoms with Gasteiger partial charge in [-0.1, -0.05) is 29.4 Å². The lowest BCUT2D eigenvalue weighted by Gasteiger charge is -2.25. The van der Waals surface area contributed by atoms with Crippen molar-refractivity contribution >= 4 is 17.3 Å². The molecule has 1 fully saturated rings. The van der Waals surface area contributed by atoms with E-state index in [1.807, 2.05) is 43.3 Å². The van der Waals surface area contributed by atoms with E-state index in [1.54, 1.807) is 4.90 Å². The Morgan fingerprint density at radius 2 is 1.72 bits per heavy atom. The highest BCUT2D eigenvalue weighted by Crippen LogP contribution is 2.33. The third-order valence-electron chi connectivity index (χ3n) is 5.77. The molecule has 2 aromatic rings. The fourth-order valence-corrected chi connectivity index (χ4v) is 3.73. The molecule has 0 saturated heterocycles. The fourth-order valence-electron chi connectivity index (χ4n) is 3.73. The highest BCUT2D eigenvalue weighted by molar-refractivity contribution is 6.01. The zero-order valence-electron chi connectivity index (χ0n) is 18.1. The Kier molecular flexibility index (Phi) is 6.13. The molecule has 0 spiro atoms. The van der Waals surface area contributed by atoms with E-state index in [-0.39, 0.29) is 24.5 Å². The van der Waals surface area contributed by atoms with Crippen LogP contribution in [0.15, 0.2) is 53.7 Å². The van der Waals surface area contributed by atoms with Crippen molar-refractivity contribution in [1.82, 2.24) is 4.90 Å². The van der Waals surface area contributed by atoms with Gasteiger partial charge in [-0.3, -0.25) is 4.79 Å². The first-order valence-corrected chi connectivity index (χ1v) is 10.7. The van der Waals surface area contributed by atoms with Crippen LogP contribution in [0.4, 0.5) is 18.9 Å². The van der Waals surface area contributed by atoms with E-state index in [1.165, 1.54) is 12.1 Å². The zero-order valence-corrected chi connectivity index (χ0v) is 18.1. The smallest absolute Gasteiger partial charge is 0.390 e. The Labute approximate surface area is 185 Å². The number of anilines is 1. The number of oxime groups is 1. The summed E-state index contributed by atoms with van der Waals surface area (Å²) >= 11 is 0. The maximum Gasteiger partial charge on any atom is 0.416 e. The van der Waals surface area contributed by atoms with Crippen LogP contribution in [-0.2, 0) is 22.4 Å². The molecular weight excluding hydrogens is 419 g/mol. The van der Waals surface area contributed by atoms with Crippen molar-refractivity contribution in [2.24, 2.45) is 11.1 Å². The topological polar surface area (TPSA) is 45.1 Å². The van der Waals surface area contributed by atoms with Gasteiger partial charge in [0.1, 0.15) is 0 Å². The molecule has 0 N–H and O–H groups in total. The number of carbonyl (C=O) groups excluding carboxylic acids is 1. The molecule has 32 heavy (non-hydrogen) atoms. The first kappa shape index (κ1) is 22.2. The van der Waals surface area contributed by atoms with Crippen LogP contribution >= 0.6 is 0 Å². The van der Waals surface area contributed by atoms with Crippen molar-refractivity contribution in [2.45, 2.75) is 38.1 Å². The van der Waals surface area contributed by atoms with Crippen LogP contribution in [0.25, 0.3) is 0 Å². The molecule has 4 rings (SSSR count). The third-order valence-corrected chi connectivity index (χ3v) is 5.77. The SMILES string of the molecule is CN(C)c1ccc(C2=NO[C@H](CN(Cc3ccc(C(F)(F)F)cc3)C(=O)C3CC3)C2)cc1. The van der Waals surface area contributed by atoms with Gasteiger partial charge in [0.05, 0.1) is 17.8 Å². The summed E-state index contributed by atoms with van der Waals surface area (Å²) in [6.45, 7) is 0.597. The van der Waals surface area contributed by atoms with E-state index in [9.17, 15) is 18.0 Å². The standard InChI is InChI=1S/C24H26F3N3O2/c1-29(2)20-11-7-17(8-12-20)22-13-21(32-28-22)15-30(23(31)18-5-6-18)14-16-3-9-19(10-4-16)24(25,26)27/h3-4,7-12,18,21H,5-6,13-15H2,1-2H3/t21-/m0/s1. The summed E-state index contributed by atoms with van der Waals surface area (Å²) in [5.74, 6) is 0.0297. The number of benzene rings is 2. The Morgan fingerprint density at radius 3 is 2.28 bits per heavy atom. The maximum absolute atomic E-state index is 12.8. The summed E-state index contributed by atoms with van der Waals surface area (Å²) in [6, 6.07) is 13.0. The van der Waals surface area contributed by atoms with Crippen molar-refractivity contribution in [3.63, 3.8) is 0 Å². The van der Waals surface area contributed by atoms with Crippen molar-refractivity contribution in [1.29, 1.82) is 0 Å². The Hall–Kier alpha value is -3.03. The lowest BCUT2D eigenvalue weighted by molar-refractivity contribution is -0.138. The normalized spacial score (nSPS) is 18.2. The minimum atomic E-state index is -4.38. The average Bonchev–Trinajstić information content (AvgIpc) is 3.51. The van der Waals surface area contributed by atoms with E-state index < -0.39 is 11.7 Å². The van der Waals surface area contributed by atoms with Crippen LogP contribution in [0.1, 0.15) is 36.0 Å². The van der Waals surface area contributed by atoms with Crippen LogP contribution < -0.4 is 4.90 Å². The predicted octanol–water partition coefficient (Wildman–Crippen LogP) is 4.70. The predicted molar refractivity (Wildman–Crippen MR) is 116 cm³/mol. The maximum atomic E-state index is 12.8. The van der Waals surface area contributed by atoms with Gasteiger partial charge in [0.15, 0.2) is 6.10 Å². The minimum Gasteiger partial charge on any atom is -0.390 e. The molecule has 8 heteroatoms. The summed E-state index contributed by atoms with van der Waals surface area (Å²) in [6.07, 6.45) is -2.38. The zero-order chi connectivity index (χ0) is 22.9. The average molecular weight is 445 g/mol. The summed E-state index contributed by atoms with van der Waals surface area (Å²) in [5.41, 5.74) is 2.85. The molecule has 0 radical (unpaired) electrons. The van der Waals surface area contributed by atoms with Gasteiger partial charge in [-0.25, -0.2) is 0 Å². The van der Waals surface area contributed by atoms with E-state index in [4.69, 9.17) is 4.84 Å². The van der Waals surface area contributed by atoms with E-state index in [0.29, 0.717) is 18.5 Å². The van der Waals surface area contributed by atoms with Gasteiger partial charge in [0, 0.05) is 38.7 Å². The number of hydrogen-bond acceptors (Lipinski definition) is 4. The molecule has 1 aliphatic heterocycles. The van der Waals surface area contributed by atoms with Crippen LogP contribution in [0, 0.1) is 5.92 Å². The van der Waals surface area contributed by atoms with E-state index in [2.05, 4.69) is 5.16 Å². The van der Waals surface area contributed by atoms with Crippen molar-refractivity contribution in [3.8, 4) is 0 Å². The molecule has 0 aromatic heterocycles. The first-order chi connectivity index (χ1) is 15.2. The molecule has 2 aromatic carbocycles. The Bertz CT molecular complexity index is 981. The second kappa shape index (κ2) is 8.84. The molecule has 5 nitrogen and oxygen atoms in total. The number of nitrogens with zero attached hydrogens (tertiary/aromatic N) is 3. The molecule has 1 saturated carbocycles. The fraction of sp³-hybridized carbons (Fsp3) is 0.417. The Morgan fingerprint density at radius 1 is 1.06 bits per heavy atom. The van der Waals surface area contributed by atoms with Crippen LogP contribution in [-0.4, -0.2) is 43.3 Å².